The van der Waals surface area contributed by atoms with Gasteiger partial charge in [0, 0.05) is 5.57 Å². The molecule has 4 heteroatoms. The van der Waals surface area contributed by atoms with Crippen LogP contribution in [0.3, 0.4) is 0 Å². The zero-order valence-electron chi connectivity index (χ0n) is 12.4. The van der Waals surface area contributed by atoms with E-state index in [2.05, 4.69) is 6.58 Å². The minimum atomic E-state index is -0.684. The number of benzene rings is 2. The van der Waals surface area contributed by atoms with Gasteiger partial charge in [0.2, 0.25) is 6.79 Å². The van der Waals surface area contributed by atoms with Gasteiger partial charge in [-0.2, -0.15) is 0 Å². The molecule has 0 radical (unpaired) electrons. The molecular weight excluding hydrogens is 280 g/mol. The third-order valence-electron chi connectivity index (χ3n) is 3.08. The Kier molecular flexibility index (Phi) is 5.33. The van der Waals surface area contributed by atoms with Gasteiger partial charge in [-0.05, 0) is 30.2 Å². The Morgan fingerprint density at radius 1 is 1.09 bits per heavy atom. The summed E-state index contributed by atoms with van der Waals surface area (Å²) in [4.78, 5) is 11.2. The first-order valence-electron chi connectivity index (χ1n) is 6.86. The zero-order valence-corrected chi connectivity index (χ0v) is 12.4. The molecule has 2 aromatic carbocycles. The molecule has 0 aliphatic heterocycles. The van der Waals surface area contributed by atoms with Gasteiger partial charge in [0.1, 0.15) is 11.9 Å². The number of rotatable bonds is 6. The molecule has 0 amide bonds. The SMILES string of the molecule is C=C(C)C(=O)OCOc1ccc(C(O)c2ccccc2)cc1. The highest BCUT2D eigenvalue weighted by atomic mass is 16.7. The van der Waals surface area contributed by atoms with Crippen molar-refractivity contribution >= 4 is 5.97 Å². The van der Waals surface area contributed by atoms with E-state index in [0.29, 0.717) is 11.3 Å². The van der Waals surface area contributed by atoms with Crippen molar-refractivity contribution in [3.63, 3.8) is 0 Å². The van der Waals surface area contributed by atoms with Crippen molar-refractivity contribution < 1.29 is 19.4 Å². The maximum Gasteiger partial charge on any atom is 0.335 e. The van der Waals surface area contributed by atoms with Gasteiger partial charge in [0.25, 0.3) is 0 Å². The molecule has 1 unspecified atom stereocenters. The van der Waals surface area contributed by atoms with Crippen LogP contribution in [0.25, 0.3) is 0 Å². The summed E-state index contributed by atoms with van der Waals surface area (Å²) in [5.74, 6) is 0.0645. The fourth-order valence-corrected chi connectivity index (χ4v) is 1.85. The summed E-state index contributed by atoms with van der Waals surface area (Å²) in [7, 11) is 0. The number of aliphatic hydroxyl groups is 1. The fraction of sp³-hybridized carbons (Fsp3) is 0.167. The van der Waals surface area contributed by atoms with E-state index in [0.717, 1.165) is 11.1 Å². The van der Waals surface area contributed by atoms with Crippen LogP contribution in [0.2, 0.25) is 0 Å². The molecule has 1 atom stereocenters. The van der Waals surface area contributed by atoms with Gasteiger partial charge >= 0.3 is 5.97 Å². The lowest BCUT2D eigenvalue weighted by molar-refractivity contribution is -0.145. The van der Waals surface area contributed by atoms with Crippen molar-refractivity contribution in [2.24, 2.45) is 0 Å². The summed E-state index contributed by atoms with van der Waals surface area (Å²) in [6, 6.07) is 16.4. The van der Waals surface area contributed by atoms with E-state index in [1.54, 1.807) is 31.2 Å². The molecule has 0 aliphatic rings. The lowest BCUT2D eigenvalue weighted by Crippen LogP contribution is -2.10. The van der Waals surface area contributed by atoms with E-state index in [1.807, 2.05) is 30.3 Å². The first kappa shape index (κ1) is 15.8. The van der Waals surface area contributed by atoms with E-state index in [9.17, 15) is 9.90 Å². The minimum Gasteiger partial charge on any atom is -0.457 e. The van der Waals surface area contributed by atoms with Gasteiger partial charge in [-0.3, -0.25) is 0 Å². The Morgan fingerprint density at radius 3 is 2.27 bits per heavy atom. The molecule has 22 heavy (non-hydrogen) atoms. The van der Waals surface area contributed by atoms with Crippen LogP contribution in [0.4, 0.5) is 0 Å². The third kappa shape index (κ3) is 4.20. The van der Waals surface area contributed by atoms with E-state index < -0.39 is 12.1 Å². The number of carbonyl (C=O) groups is 1. The predicted molar refractivity (Wildman–Crippen MR) is 83.3 cm³/mol. The first-order valence-corrected chi connectivity index (χ1v) is 6.86. The largest absolute Gasteiger partial charge is 0.457 e. The van der Waals surface area contributed by atoms with Crippen LogP contribution in [-0.2, 0) is 9.53 Å². The van der Waals surface area contributed by atoms with Gasteiger partial charge in [0.15, 0.2) is 0 Å². The van der Waals surface area contributed by atoms with Crippen molar-refractivity contribution in [2.75, 3.05) is 6.79 Å². The van der Waals surface area contributed by atoms with Crippen LogP contribution in [0, 0.1) is 0 Å². The Labute approximate surface area is 129 Å². The highest BCUT2D eigenvalue weighted by Gasteiger charge is 2.10. The second kappa shape index (κ2) is 7.43. The van der Waals surface area contributed by atoms with Crippen LogP contribution >= 0.6 is 0 Å². The number of esters is 1. The molecule has 4 nitrogen and oxygen atoms in total. The summed E-state index contributed by atoms with van der Waals surface area (Å²) in [5, 5.41) is 10.3. The number of ether oxygens (including phenoxy) is 2. The quantitative estimate of drug-likeness (QED) is 0.505. The van der Waals surface area contributed by atoms with Crippen LogP contribution in [0.5, 0.6) is 5.75 Å². The van der Waals surface area contributed by atoms with E-state index in [-0.39, 0.29) is 6.79 Å². The summed E-state index contributed by atoms with van der Waals surface area (Å²) in [6.07, 6.45) is -0.684. The second-order valence-electron chi connectivity index (χ2n) is 4.86. The first-order chi connectivity index (χ1) is 10.6. The van der Waals surface area contributed by atoms with Gasteiger partial charge in [-0.15, -0.1) is 0 Å². The normalized spacial score (nSPS) is 11.5. The topological polar surface area (TPSA) is 55.8 Å². The molecule has 0 bridgehead atoms. The second-order valence-corrected chi connectivity index (χ2v) is 4.86. The van der Waals surface area contributed by atoms with E-state index in [4.69, 9.17) is 9.47 Å². The minimum absolute atomic E-state index is 0.174. The van der Waals surface area contributed by atoms with Crippen molar-refractivity contribution in [1.82, 2.24) is 0 Å². The summed E-state index contributed by atoms with van der Waals surface area (Å²) in [6.45, 7) is 4.88. The Hall–Kier alpha value is -2.59. The molecule has 2 aromatic rings. The molecule has 2 rings (SSSR count). The molecule has 0 heterocycles. The van der Waals surface area contributed by atoms with Gasteiger partial charge in [-0.1, -0.05) is 49.0 Å². The Morgan fingerprint density at radius 2 is 1.68 bits per heavy atom. The monoisotopic (exact) mass is 298 g/mol. The van der Waals surface area contributed by atoms with Crippen LogP contribution in [0.15, 0.2) is 66.7 Å². The molecule has 0 saturated carbocycles. The number of carbonyl (C=O) groups excluding carboxylic acids is 1. The maximum absolute atomic E-state index is 11.2. The number of hydrogen-bond acceptors (Lipinski definition) is 4. The smallest absolute Gasteiger partial charge is 0.335 e. The van der Waals surface area contributed by atoms with Gasteiger partial charge < -0.3 is 14.6 Å². The van der Waals surface area contributed by atoms with Crippen molar-refractivity contribution in [3.05, 3.63) is 77.9 Å². The Balaban J connectivity index is 1.93. The molecule has 0 aliphatic carbocycles. The number of aliphatic hydroxyl groups excluding tert-OH is 1. The summed E-state index contributed by atoms with van der Waals surface area (Å²) >= 11 is 0. The van der Waals surface area contributed by atoms with Crippen molar-refractivity contribution in [1.29, 1.82) is 0 Å². The zero-order chi connectivity index (χ0) is 15.9. The van der Waals surface area contributed by atoms with Gasteiger partial charge in [0.05, 0.1) is 0 Å². The standard InChI is InChI=1S/C18H18O4/c1-13(2)18(20)22-12-21-16-10-8-15(9-11-16)17(19)14-6-4-3-5-7-14/h3-11,17,19H,1,12H2,2H3. The van der Waals surface area contributed by atoms with Crippen LogP contribution in [0.1, 0.15) is 24.2 Å². The molecule has 1 N–H and O–H groups in total. The predicted octanol–water partition coefficient (Wildman–Crippen LogP) is 3.22. The molecule has 0 saturated heterocycles. The third-order valence-corrected chi connectivity index (χ3v) is 3.08. The molecule has 0 aromatic heterocycles. The molecule has 114 valence electrons. The van der Waals surface area contributed by atoms with Crippen molar-refractivity contribution in [3.8, 4) is 5.75 Å². The molecule has 0 spiro atoms. The Bertz CT molecular complexity index is 632. The van der Waals surface area contributed by atoms with Crippen molar-refractivity contribution in [2.45, 2.75) is 13.0 Å². The lowest BCUT2D eigenvalue weighted by atomic mass is 10.0. The molecular formula is C18H18O4. The van der Waals surface area contributed by atoms with Crippen LogP contribution < -0.4 is 4.74 Å². The fourth-order valence-electron chi connectivity index (χ4n) is 1.85. The average molecular weight is 298 g/mol. The molecule has 0 fully saturated rings. The highest BCUT2D eigenvalue weighted by molar-refractivity contribution is 5.86. The maximum atomic E-state index is 11.2. The van der Waals surface area contributed by atoms with E-state index in [1.165, 1.54) is 0 Å². The number of hydrogen-bond donors (Lipinski definition) is 1. The highest BCUT2D eigenvalue weighted by Crippen LogP contribution is 2.23. The summed E-state index contributed by atoms with van der Waals surface area (Å²) in [5.41, 5.74) is 1.91. The van der Waals surface area contributed by atoms with Gasteiger partial charge in [-0.25, -0.2) is 4.79 Å². The average Bonchev–Trinajstić information content (AvgIpc) is 2.55. The summed E-state index contributed by atoms with van der Waals surface area (Å²) < 4.78 is 10.1. The van der Waals surface area contributed by atoms with Crippen LogP contribution in [-0.4, -0.2) is 17.9 Å². The van der Waals surface area contributed by atoms with E-state index >= 15 is 0 Å². The lowest BCUT2D eigenvalue weighted by Gasteiger charge is -2.12.